The highest BCUT2D eigenvalue weighted by atomic mass is 32.2. The number of para-hydroxylation sites is 1. The van der Waals surface area contributed by atoms with E-state index in [0.717, 1.165) is 21.5 Å². The zero-order valence-electron chi connectivity index (χ0n) is 24.2. The van der Waals surface area contributed by atoms with Crippen LogP contribution in [0, 0.1) is 19.8 Å². The van der Waals surface area contributed by atoms with Crippen molar-refractivity contribution in [3.05, 3.63) is 77.6 Å². The van der Waals surface area contributed by atoms with Gasteiger partial charge in [0.25, 0.3) is 5.91 Å². The number of aliphatic hydroxyl groups is 1. The van der Waals surface area contributed by atoms with E-state index in [0.29, 0.717) is 22.9 Å². The van der Waals surface area contributed by atoms with Crippen LogP contribution < -0.4 is 15.4 Å². The number of benzene rings is 2. The SMILES string of the molecule is Cc1cccc(C)c1OCC(=O)NC[C@H](O)CN(CC(C)C)S(=O)(=O)c1ccc2nc(NCc3ccccn3)sc2c1. The van der Waals surface area contributed by atoms with Crippen molar-refractivity contribution in [1.29, 1.82) is 0 Å². The Morgan fingerprint density at radius 3 is 2.52 bits per heavy atom. The third kappa shape index (κ3) is 8.25. The number of nitrogens with one attached hydrogen (secondary N) is 2. The van der Waals surface area contributed by atoms with Gasteiger partial charge in [0.2, 0.25) is 10.0 Å². The maximum atomic E-state index is 13.7. The standard InChI is InChI=1S/C30H37N5O5S2/c1-20(2)17-35(18-24(36)16-32-28(37)19-40-29-21(3)8-7-9-22(29)4)42(38,39)25-11-12-26-27(14-25)41-30(34-26)33-15-23-10-5-6-13-31-23/h5-14,20,24,36H,15-19H2,1-4H3,(H,32,37)(H,33,34)/t24-/m0/s1. The molecule has 0 bridgehead atoms. The van der Waals surface area contributed by atoms with Crippen LogP contribution in [-0.2, 0) is 21.4 Å². The number of carbonyl (C=O) groups excluding carboxylic acids is 1. The molecule has 42 heavy (non-hydrogen) atoms. The Kier molecular flexibility index (Phi) is 10.5. The van der Waals surface area contributed by atoms with Crippen molar-refractivity contribution < 1.29 is 23.1 Å². The minimum atomic E-state index is -3.94. The summed E-state index contributed by atoms with van der Waals surface area (Å²) in [6, 6.07) is 16.2. The van der Waals surface area contributed by atoms with Gasteiger partial charge in [-0.2, -0.15) is 4.31 Å². The van der Waals surface area contributed by atoms with E-state index in [9.17, 15) is 18.3 Å². The zero-order valence-corrected chi connectivity index (χ0v) is 25.8. The highest BCUT2D eigenvalue weighted by molar-refractivity contribution is 7.89. The average Bonchev–Trinajstić information content (AvgIpc) is 3.37. The Morgan fingerprint density at radius 1 is 1.07 bits per heavy atom. The summed E-state index contributed by atoms with van der Waals surface area (Å²) in [7, 11) is -3.94. The van der Waals surface area contributed by atoms with Crippen LogP contribution in [-0.4, -0.2) is 66.0 Å². The van der Waals surface area contributed by atoms with Crippen LogP contribution in [0.15, 0.2) is 65.7 Å². The van der Waals surface area contributed by atoms with Crippen molar-refractivity contribution in [2.75, 3.05) is 31.6 Å². The Bertz CT molecular complexity index is 1590. The van der Waals surface area contributed by atoms with Gasteiger partial charge in [0.15, 0.2) is 11.7 Å². The smallest absolute Gasteiger partial charge is 0.258 e. The Balaban J connectivity index is 1.39. The number of nitrogens with zero attached hydrogens (tertiary/aromatic N) is 3. The zero-order chi connectivity index (χ0) is 30.3. The van der Waals surface area contributed by atoms with Crippen LogP contribution in [0.4, 0.5) is 5.13 Å². The molecule has 0 spiro atoms. The van der Waals surface area contributed by atoms with E-state index < -0.39 is 22.0 Å². The van der Waals surface area contributed by atoms with E-state index in [4.69, 9.17) is 4.74 Å². The van der Waals surface area contributed by atoms with Gasteiger partial charge in [-0.1, -0.05) is 49.4 Å². The molecule has 0 radical (unpaired) electrons. The first-order valence-corrected chi connectivity index (χ1v) is 16.0. The van der Waals surface area contributed by atoms with Gasteiger partial charge in [-0.3, -0.25) is 9.78 Å². The Morgan fingerprint density at radius 2 is 1.83 bits per heavy atom. The molecular formula is C30H37N5O5S2. The molecule has 0 aliphatic rings. The second-order valence-corrected chi connectivity index (χ2v) is 13.5. The first kappa shape index (κ1) is 31.4. The highest BCUT2D eigenvalue weighted by Gasteiger charge is 2.28. The quantitative estimate of drug-likeness (QED) is 0.194. The fourth-order valence-electron chi connectivity index (χ4n) is 4.38. The number of carbonyl (C=O) groups is 1. The van der Waals surface area contributed by atoms with Crippen molar-refractivity contribution >= 4 is 42.6 Å². The van der Waals surface area contributed by atoms with E-state index in [-0.39, 0.29) is 37.1 Å². The van der Waals surface area contributed by atoms with Gasteiger partial charge in [0, 0.05) is 25.8 Å². The third-order valence-corrected chi connectivity index (χ3v) is 9.22. The molecular weight excluding hydrogens is 574 g/mol. The number of amides is 1. The molecule has 10 nitrogen and oxygen atoms in total. The molecule has 0 aliphatic carbocycles. The summed E-state index contributed by atoms with van der Waals surface area (Å²) in [5, 5.41) is 17.3. The van der Waals surface area contributed by atoms with Crippen LogP contribution in [0.1, 0.15) is 30.7 Å². The van der Waals surface area contributed by atoms with Gasteiger partial charge in [0.1, 0.15) is 5.75 Å². The third-order valence-electron chi connectivity index (χ3n) is 6.42. The van der Waals surface area contributed by atoms with Crippen molar-refractivity contribution in [2.24, 2.45) is 5.92 Å². The number of rotatable bonds is 14. The lowest BCUT2D eigenvalue weighted by Gasteiger charge is -2.26. The Labute approximate surface area is 250 Å². The van der Waals surface area contributed by atoms with Crippen molar-refractivity contribution in [3.8, 4) is 5.75 Å². The van der Waals surface area contributed by atoms with Crippen LogP contribution >= 0.6 is 11.3 Å². The molecule has 0 saturated heterocycles. The maximum absolute atomic E-state index is 13.7. The van der Waals surface area contributed by atoms with Crippen LogP contribution in [0.2, 0.25) is 0 Å². The average molecular weight is 612 g/mol. The molecule has 1 atom stereocenters. The minimum absolute atomic E-state index is 0.0156. The number of hydrogen-bond donors (Lipinski definition) is 3. The molecule has 0 saturated carbocycles. The lowest BCUT2D eigenvalue weighted by atomic mass is 10.1. The van der Waals surface area contributed by atoms with Crippen LogP contribution in [0.25, 0.3) is 10.2 Å². The first-order valence-electron chi connectivity index (χ1n) is 13.7. The predicted molar refractivity (Wildman–Crippen MR) is 165 cm³/mol. The number of pyridine rings is 1. The van der Waals surface area contributed by atoms with Gasteiger partial charge in [0.05, 0.1) is 33.5 Å². The summed E-state index contributed by atoms with van der Waals surface area (Å²) >= 11 is 1.36. The number of fused-ring (bicyclic) bond motifs is 1. The maximum Gasteiger partial charge on any atom is 0.258 e. The number of anilines is 1. The largest absolute Gasteiger partial charge is 0.483 e. The van der Waals surface area contributed by atoms with Crippen LogP contribution in [0.5, 0.6) is 5.75 Å². The summed E-state index contributed by atoms with van der Waals surface area (Å²) in [4.78, 5) is 21.4. The molecule has 4 rings (SSSR count). The second-order valence-electron chi connectivity index (χ2n) is 10.5. The molecule has 224 valence electrons. The number of aliphatic hydroxyl groups excluding tert-OH is 1. The number of aryl methyl sites for hydroxylation is 2. The number of sulfonamides is 1. The summed E-state index contributed by atoms with van der Waals surface area (Å²) < 4.78 is 35.0. The monoisotopic (exact) mass is 611 g/mol. The summed E-state index contributed by atoms with van der Waals surface area (Å²) in [5.74, 6) is 0.261. The van der Waals surface area contributed by atoms with E-state index in [1.54, 1.807) is 18.3 Å². The lowest BCUT2D eigenvalue weighted by molar-refractivity contribution is -0.123. The minimum Gasteiger partial charge on any atom is -0.483 e. The topological polar surface area (TPSA) is 134 Å². The van der Waals surface area contributed by atoms with Crippen molar-refractivity contribution in [2.45, 2.75) is 45.2 Å². The molecule has 1 amide bonds. The fraction of sp³-hybridized carbons (Fsp3) is 0.367. The molecule has 2 heterocycles. The summed E-state index contributed by atoms with van der Waals surface area (Å²) in [6.45, 7) is 7.84. The highest BCUT2D eigenvalue weighted by Crippen LogP contribution is 2.30. The molecule has 2 aromatic heterocycles. The number of thiazole rings is 1. The molecule has 3 N–H and O–H groups in total. The van der Waals surface area contributed by atoms with Crippen LogP contribution in [0.3, 0.4) is 0 Å². The van der Waals surface area contributed by atoms with Gasteiger partial charge >= 0.3 is 0 Å². The van der Waals surface area contributed by atoms with Gasteiger partial charge in [-0.25, -0.2) is 13.4 Å². The number of hydrogen-bond acceptors (Lipinski definition) is 9. The van der Waals surface area contributed by atoms with Gasteiger partial charge in [-0.05, 0) is 61.2 Å². The molecule has 4 aromatic rings. The van der Waals surface area contributed by atoms with Gasteiger partial charge in [-0.15, -0.1) is 0 Å². The van der Waals surface area contributed by atoms with Crippen molar-refractivity contribution in [1.82, 2.24) is 19.6 Å². The Hall–Kier alpha value is -3.58. The molecule has 0 fully saturated rings. The van der Waals surface area contributed by atoms with E-state index in [1.165, 1.54) is 21.7 Å². The van der Waals surface area contributed by atoms with E-state index >= 15 is 0 Å². The molecule has 12 heteroatoms. The molecule has 0 unspecified atom stereocenters. The second kappa shape index (κ2) is 14.1. The number of aromatic nitrogens is 2. The molecule has 2 aromatic carbocycles. The summed E-state index contributed by atoms with van der Waals surface area (Å²) in [6.07, 6.45) is 0.611. The lowest BCUT2D eigenvalue weighted by Crippen LogP contribution is -2.44. The van der Waals surface area contributed by atoms with Gasteiger partial charge < -0.3 is 20.5 Å². The molecule has 0 aliphatic heterocycles. The van der Waals surface area contributed by atoms with E-state index in [2.05, 4.69) is 20.6 Å². The van der Waals surface area contributed by atoms with E-state index in [1.807, 2.05) is 64.1 Å². The summed E-state index contributed by atoms with van der Waals surface area (Å²) in [5.41, 5.74) is 3.40. The normalized spacial score (nSPS) is 12.5. The van der Waals surface area contributed by atoms with Crippen molar-refractivity contribution in [3.63, 3.8) is 0 Å². The number of ether oxygens (including phenoxy) is 1. The first-order chi connectivity index (χ1) is 20.0. The fourth-order valence-corrected chi connectivity index (χ4v) is 7.03. The predicted octanol–water partition coefficient (Wildman–Crippen LogP) is 4.12.